The summed E-state index contributed by atoms with van der Waals surface area (Å²) in [5.41, 5.74) is 1.46. The van der Waals surface area contributed by atoms with Crippen LogP contribution in [0.5, 0.6) is 0 Å². The topological polar surface area (TPSA) is 3.24 Å². The Morgan fingerprint density at radius 2 is 2.42 bits per heavy atom. The van der Waals surface area contributed by atoms with E-state index in [1.807, 2.05) is 0 Å². The van der Waals surface area contributed by atoms with Crippen molar-refractivity contribution in [2.45, 2.75) is 19.8 Å². The summed E-state index contributed by atoms with van der Waals surface area (Å²) in [6.07, 6.45) is 2.63. The molecule has 1 atom stereocenters. The highest BCUT2D eigenvalue weighted by atomic mass is 35.5. The normalized spacial score (nSPS) is 27.6. The van der Waals surface area contributed by atoms with Crippen molar-refractivity contribution in [2.24, 2.45) is 5.92 Å². The molecule has 0 aromatic carbocycles. The van der Waals surface area contributed by atoms with Crippen LogP contribution >= 0.6 is 23.2 Å². The molecule has 0 radical (unpaired) electrons. The van der Waals surface area contributed by atoms with Crippen LogP contribution in [0.1, 0.15) is 19.8 Å². The van der Waals surface area contributed by atoms with Gasteiger partial charge in [0.15, 0.2) is 0 Å². The maximum Gasteiger partial charge on any atom is 0.0434 e. The van der Waals surface area contributed by atoms with Crippen molar-refractivity contribution in [1.82, 2.24) is 4.90 Å². The van der Waals surface area contributed by atoms with Crippen LogP contribution in [0.3, 0.4) is 0 Å². The van der Waals surface area contributed by atoms with Crippen LogP contribution in [0.2, 0.25) is 0 Å². The van der Waals surface area contributed by atoms with Crippen LogP contribution in [-0.2, 0) is 0 Å². The molecule has 1 aliphatic rings. The number of rotatable bonds is 2. The van der Waals surface area contributed by atoms with Crippen molar-refractivity contribution >= 4 is 23.2 Å². The highest BCUT2D eigenvalue weighted by Gasteiger charge is 2.16. The Hall–Kier alpha value is 0.280. The van der Waals surface area contributed by atoms with E-state index in [-0.39, 0.29) is 0 Å². The highest BCUT2D eigenvalue weighted by molar-refractivity contribution is 6.36. The fourth-order valence-corrected chi connectivity index (χ4v) is 1.92. The second-order valence-corrected chi connectivity index (χ2v) is 4.24. The Labute approximate surface area is 84.3 Å². The molecule has 1 saturated heterocycles. The summed E-state index contributed by atoms with van der Waals surface area (Å²) >= 11 is 11.3. The summed E-state index contributed by atoms with van der Waals surface area (Å²) in [7, 11) is 0. The van der Waals surface area contributed by atoms with E-state index in [0.29, 0.717) is 0 Å². The molecule has 3 heteroatoms. The van der Waals surface area contributed by atoms with E-state index in [4.69, 9.17) is 23.2 Å². The van der Waals surface area contributed by atoms with Crippen molar-refractivity contribution in [3.05, 3.63) is 10.6 Å². The van der Waals surface area contributed by atoms with Crippen molar-refractivity contribution in [3.63, 3.8) is 0 Å². The van der Waals surface area contributed by atoms with Gasteiger partial charge in [-0.3, -0.25) is 4.90 Å². The number of piperidine rings is 1. The van der Waals surface area contributed by atoms with E-state index in [2.05, 4.69) is 11.8 Å². The predicted octanol–water partition coefficient (Wildman–Crippen LogP) is 3.04. The standard InChI is InChI=1S/C9H15Cl2N/c1-8-3-2-4-12(6-8)7-9(11)5-10/h5,8H,2-4,6-7H2,1H3/b9-5-. The van der Waals surface area contributed by atoms with E-state index < -0.39 is 0 Å². The molecule has 12 heavy (non-hydrogen) atoms. The molecule has 70 valence electrons. The van der Waals surface area contributed by atoms with E-state index in [1.54, 1.807) is 0 Å². The lowest BCUT2D eigenvalue weighted by molar-refractivity contribution is 0.200. The van der Waals surface area contributed by atoms with Gasteiger partial charge in [0.1, 0.15) is 0 Å². The molecule has 1 unspecified atom stereocenters. The third kappa shape index (κ3) is 3.34. The Kier molecular flexibility index (Phi) is 4.41. The van der Waals surface area contributed by atoms with Gasteiger partial charge in [0.05, 0.1) is 0 Å². The fourth-order valence-electron chi connectivity index (χ4n) is 1.68. The molecular formula is C9H15Cl2N. The number of likely N-dealkylation sites (tertiary alicyclic amines) is 1. The summed E-state index contributed by atoms with van der Waals surface area (Å²) in [5.74, 6) is 0.804. The second kappa shape index (κ2) is 5.11. The lowest BCUT2D eigenvalue weighted by Crippen LogP contribution is -2.35. The lowest BCUT2D eigenvalue weighted by Gasteiger charge is -2.30. The van der Waals surface area contributed by atoms with Gasteiger partial charge >= 0.3 is 0 Å². The van der Waals surface area contributed by atoms with Crippen LogP contribution in [0, 0.1) is 5.92 Å². The molecule has 0 saturated carbocycles. The van der Waals surface area contributed by atoms with Crippen molar-refractivity contribution in [2.75, 3.05) is 19.6 Å². The minimum absolute atomic E-state index is 0.741. The minimum atomic E-state index is 0.741. The second-order valence-electron chi connectivity index (χ2n) is 3.54. The van der Waals surface area contributed by atoms with Gasteiger partial charge in [-0.15, -0.1) is 0 Å². The van der Waals surface area contributed by atoms with Gasteiger partial charge in [0, 0.05) is 23.7 Å². The Bertz CT molecular complexity index is 168. The van der Waals surface area contributed by atoms with Crippen LogP contribution < -0.4 is 0 Å². The SMILES string of the molecule is CC1CCCN(C/C(Cl)=C/Cl)C1. The monoisotopic (exact) mass is 207 g/mol. The summed E-state index contributed by atoms with van der Waals surface area (Å²) in [4.78, 5) is 2.36. The quantitative estimate of drug-likeness (QED) is 0.674. The molecule has 0 N–H and O–H groups in total. The van der Waals surface area contributed by atoms with E-state index in [9.17, 15) is 0 Å². The smallest absolute Gasteiger partial charge is 0.0434 e. The molecule has 0 aliphatic carbocycles. The third-order valence-electron chi connectivity index (χ3n) is 2.23. The van der Waals surface area contributed by atoms with Gasteiger partial charge in [-0.25, -0.2) is 0 Å². The zero-order valence-corrected chi connectivity index (χ0v) is 8.91. The summed E-state index contributed by atoms with van der Waals surface area (Å²) in [6, 6.07) is 0. The zero-order chi connectivity index (χ0) is 8.97. The Morgan fingerprint density at radius 1 is 1.67 bits per heavy atom. The van der Waals surface area contributed by atoms with Crippen LogP contribution in [0.15, 0.2) is 10.6 Å². The van der Waals surface area contributed by atoms with E-state index in [0.717, 1.165) is 30.6 Å². The maximum atomic E-state index is 5.83. The zero-order valence-electron chi connectivity index (χ0n) is 7.39. The molecule has 0 spiro atoms. The van der Waals surface area contributed by atoms with Crippen molar-refractivity contribution in [1.29, 1.82) is 0 Å². The first-order valence-corrected chi connectivity index (χ1v) is 5.21. The lowest BCUT2D eigenvalue weighted by atomic mass is 10.0. The summed E-state index contributed by atoms with van der Waals surface area (Å²) in [5, 5.41) is 0.741. The van der Waals surface area contributed by atoms with E-state index in [1.165, 1.54) is 18.4 Å². The molecule has 1 heterocycles. The van der Waals surface area contributed by atoms with Crippen molar-refractivity contribution in [3.8, 4) is 0 Å². The van der Waals surface area contributed by atoms with Gasteiger partial charge in [-0.1, -0.05) is 30.1 Å². The van der Waals surface area contributed by atoms with Crippen LogP contribution in [0.4, 0.5) is 0 Å². The number of hydrogen-bond donors (Lipinski definition) is 0. The summed E-state index contributed by atoms with van der Waals surface area (Å²) in [6.45, 7) is 5.41. The first-order valence-electron chi connectivity index (χ1n) is 4.39. The molecule has 0 amide bonds. The van der Waals surface area contributed by atoms with Gasteiger partial charge < -0.3 is 0 Å². The Morgan fingerprint density at radius 3 is 3.00 bits per heavy atom. The fraction of sp³-hybridized carbons (Fsp3) is 0.778. The molecule has 0 aromatic rings. The Balaban J connectivity index is 2.32. The van der Waals surface area contributed by atoms with Crippen LogP contribution in [0.25, 0.3) is 0 Å². The number of hydrogen-bond acceptors (Lipinski definition) is 1. The van der Waals surface area contributed by atoms with Crippen LogP contribution in [-0.4, -0.2) is 24.5 Å². The minimum Gasteiger partial charge on any atom is -0.298 e. The third-order valence-corrected chi connectivity index (χ3v) is 2.84. The largest absolute Gasteiger partial charge is 0.298 e. The summed E-state index contributed by atoms with van der Waals surface area (Å²) < 4.78 is 0. The number of nitrogens with zero attached hydrogens (tertiary/aromatic N) is 1. The molecule has 1 nitrogen and oxygen atoms in total. The average molecular weight is 208 g/mol. The first kappa shape index (κ1) is 10.4. The molecule has 0 aromatic heterocycles. The molecule has 1 aliphatic heterocycles. The predicted molar refractivity (Wildman–Crippen MR) is 54.6 cm³/mol. The number of halogens is 2. The van der Waals surface area contributed by atoms with Gasteiger partial charge in [0.25, 0.3) is 0 Å². The van der Waals surface area contributed by atoms with Gasteiger partial charge in [-0.05, 0) is 25.3 Å². The molecule has 1 rings (SSSR count). The molecule has 1 fully saturated rings. The average Bonchev–Trinajstić information content (AvgIpc) is 2.04. The van der Waals surface area contributed by atoms with Gasteiger partial charge in [-0.2, -0.15) is 0 Å². The first-order chi connectivity index (χ1) is 5.72. The van der Waals surface area contributed by atoms with Crippen molar-refractivity contribution < 1.29 is 0 Å². The molecular weight excluding hydrogens is 193 g/mol. The molecule has 0 bridgehead atoms. The van der Waals surface area contributed by atoms with Gasteiger partial charge in [0.2, 0.25) is 0 Å². The van der Waals surface area contributed by atoms with E-state index >= 15 is 0 Å². The maximum absolute atomic E-state index is 5.83. The highest BCUT2D eigenvalue weighted by Crippen LogP contribution is 2.17.